The molecule has 3 nitrogen and oxygen atoms in total. The molecule has 2 rings (SSSR count). The maximum atomic E-state index is 4.06. The molecular formula is C10H10BrN3. The van der Waals surface area contributed by atoms with Crippen LogP contribution in [0.5, 0.6) is 0 Å². The second kappa shape index (κ2) is 4.37. The van der Waals surface area contributed by atoms with Crippen LogP contribution in [0.2, 0.25) is 0 Å². The van der Waals surface area contributed by atoms with Crippen LogP contribution in [0.3, 0.4) is 0 Å². The van der Waals surface area contributed by atoms with Gasteiger partial charge in [-0.1, -0.05) is 28.1 Å². The Labute approximate surface area is 90.9 Å². The Morgan fingerprint density at radius 2 is 2.00 bits per heavy atom. The van der Waals surface area contributed by atoms with Gasteiger partial charge in [0.15, 0.2) is 0 Å². The first-order valence-corrected chi connectivity index (χ1v) is 5.52. The fourth-order valence-electron chi connectivity index (χ4n) is 1.27. The van der Waals surface area contributed by atoms with E-state index in [4.69, 9.17) is 0 Å². The van der Waals surface area contributed by atoms with E-state index in [1.807, 2.05) is 12.1 Å². The molecule has 0 aliphatic carbocycles. The average Bonchev–Trinajstić information content (AvgIpc) is 2.72. The van der Waals surface area contributed by atoms with Crippen molar-refractivity contribution in [2.75, 3.05) is 5.33 Å². The number of hydrogen-bond donors (Lipinski definition) is 0. The molecule has 1 heterocycles. The predicted octanol–water partition coefficient (Wildman–Crippen LogP) is 2.20. The van der Waals surface area contributed by atoms with E-state index in [1.165, 1.54) is 11.9 Å². The van der Waals surface area contributed by atoms with E-state index in [2.05, 4.69) is 38.1 Å². The van der Waals surface area contributed by atoms with E-state index < -0.39 is 0 Å². The van der Waals surface area contributed by atoms with Gasteiger partial charge in [-0.15, -0.1) is 0 Å². The molecule has 72 valence electrons. The van der Waals surface area contributed by atoms with Gasteiger partial charge < -0.3 is 0 Å². The quantitative estimate of drug-likeness (QED) is 0.784. The van der Waals surface area contributed by atoms with Crippen LogP contribution in [0.15, 0.2) is 36.9 Å². The normalized spacial score (nSPS) is 10.4. The van der Waals surface area contributed by atoms with Crippen molar-refractivity contribution in [3.8, 4) is 5.69 Å². The summed E-state index contributed by atoms with van der Waals surface area (Å²) in [6.45, 7) is 0. The van der Waals surface area contributed by atoms with Crippen molar-refractivity contribution in [3.05, 3.63) is 42.5 Å². The maximum Gasteiger partial charge on any atom is 0.138 e. The van der Waals surface area contributed by atoms with Gasteiger partial charge in [-0.2, -0.15) is 5.10 Å². The van der Waals surface area contributed by atoms with Crippen LogP contribution in [0.4, 0.5) is 0 Å². The van der Waals surface area contributed by atoms with E-state index in [0.717, 1.165) is 17.4 Å². The Hall–Kier alpha value is -1.16. The van der Waals surface area contributed by atoms with Crippen molar-refractivity contribution < 1.29 is 0 Å². The molecule has 0 radical (unpaired) electrons. The molecule has 4 heteroatoms. The molecule has 0 spiro atoms. The Kier molecular flexibility index (Phi) is 2.93. The van der Waals surface area contributed by atoms with Crippen molar-refractivity contribution >= 4 is 15.9 Å². The highest BCUT2D eigenvalue weighted by molar-refractivity contribution is 9.09. The fraction of sp³-hybridized carbons (Fsp3) is 0.200. The van der Waals surface area contributed by atoms with E-state index in [0.29, 0.717) is 0 Å². The number of alkyl halides is 1. The fourth-order valence-corrected chi connectivity index (χ4v) is 1.72. The smallest absolute Gasteiger partial charge is 0.138 e. The number of benzene rings is 1. The number of aryl methyl sites for hydroxylation is 1. The molecule has 0 aliphatic heterocycles. The third-order valence-electron chi connectivity index (χ3n) is 2.00. The molecule has 0 unspecified atom stereocenters. The molecule has 0 bridgehead atoms. The van der Waals surface area contributed by atoms with E-state index in [-0.39, 0.29) is 0 Å². The number of halogens is 1. The van der Waals surface area contributed by atoms with Crippen molar-refractivity contribution in [3.63, 3.8) is 0 Å². The molecule has 0 saturated carbocycles. The lowest BCUT2D eigenvalue weighted by molar-refractivity contribution is 0.877. The van der Waals surface area contributed by atoms with Gasteiger partial charge in [0.25, 0.3) is 0 Å². The number of aromatic nitrogens is 3. The summed E-state index contributed by atoms with van der Waals surface area (Å²) in [7, 11) is 0. The Morgan fingerprint density at radius 3 is 2.57 bits per heavy atom. The molecular weight excluding hydrogens is 242 g/mol. The van der Waals surface area contributed by atoms with Gasteiger partial charge in [-0.25, -0.2) is 9.67 Å². The van der Waals surface area contributed by atoms with E-state index in [9.17, 15) is 0 Å². The second-order valence-electron chi connectivity index (χ2n) is 2.95. The summed E-state index contributed by atoms with van der Waals surface area (Å²) >= 11 is 3.42. The molecule has 2 aromatic rings. The minimum absolute atomic E-state index is 0.996. The lowest BCUT2D eigenvalue weighted by Gasteiger charge is -2.01. The van der Waals surface area contributed by atoms with Gasteiger partial charge >= 0.3 is 0 Å². The second-order valence-corrected chi connectivity index (χ2v) is 3.74. The van der Waals surface area contributed by atoms with Crippen LogP contribution in [0.25, 0.3) is 5.69 Å². The molecule has 0 atom stereocenters. The van der Waals surface area contributed by atoms with Gasteiger partial charge in [-0.05, 0) is 24.1 Å². The molecule has 0 amide bonds. The summed E-state index contributed by atoms with van der Waals surface area (Å²) < 4.78 is 1.75. The molecule has 0 N–H and O–H groups in total. The third kappa shape index (κ3) is 2.01. The van der Waals surface area contributed by atoms with Crippen molar-refractivity contribution in [2.24, 2.45) is 0 Å². The topological polar surface area (TPSA) is 30.7 Å². The average molecular weight is 252 g/mol. The summed E-state index contributed by atoms with van der Waals surface area (Å²) in [5, 5.41) is 5.05. The van der Waals surface area contributed by atoms with Crippen LogP contribution in [-0.4, -0.2) is 20.1 Å². The molecule has 14 heavy (non-hydrogen) atoms. The first kappa shape index (κ1) is 9.40. The van der Waals surface area contributed by atoms with Gasteiger partial charge in [-0.3, -0.25) is 0 Å². The van der Waals surface area contributed by atoms with Gasteiger partial charge in [0.1, 0.15) is 12.7 Å². The first-order chi connectivity index (χ1) is 6.90. The number of hydrogen-bond acceptors (Lipinski definition) is 2. The maximum absolute atomic E-state index is 4.06. The predicted molar refractivity (Wildman–Crippen MR) is 58.9 cm³/mol. The first-order valence-electron chi connectivity index (χ1n) is 4.40. The minimum Gasteiger partial charge on any atom is -0.223 e. The largest absolute Gasteiger partial charge is 0.223 e. The van der Waals surface area contributed by atoms with Crippen molar-refractivity contribution in [1.29, 1.82) is 0 Å². The third-order valence-corrected chi connectivity index (χ3v) is 2.40. The number of nitrogens with zero attached hydrogens (tertiary/aromatic N) is 3. The lowest BCUT2D eigenvalue weighted by atomic mass is 10.1. The molecule has 1 aromatic carbocycles. The van der Waals surface area contributed by atoms with Crippen LogP contribution in [-0.2, 0) is 6.42 Å². The Bertz CT molecular complexity index is 380. The summed E-state index contributed by atoms with van der Waals surface area (Å²) in [6.07, 6.45) is 4.28. The Morgan fingerprint density at radius 1 is 1.21 bits per heavy atom. The van der Waals surface area contributed by atoms with E-state index in [1.54, 1.807) is 11.0 Å². The highest BCUT2D eigenvalue weighted by Crippen LogP contribution is 2.09. The molecule has 1 aromatic heterocycles. The summed E-state index contributed by atoms with van der Waals surface area (Å²) in [5.41, 5.74) is 2.37. The molecule has 0 saturated heterocycles. The zero-order valence-electron chi connectivity index (χ0n) is 7.60. The summed E-state index contributed by atoms with van der Waals surface area (Å²) in [6, 6.07) is 8.32. The zero-order valence-corrected chi connectivity index (χ0v) is 9.18. The van der Waals surface area contributed by atoms with Crippen LogP contribution >= 0.6 is 15.9 Å². The van der Waals surface area contributed by atoms with Crippen LogP contribution < -0.4 is 0 Å². The van der Waals surface area contributed by atoms with E-state index >= 15 is 0 Å². The van der Waals surface area contributed by atoms with Gasteiger partial charge in [0, 0.05) is 5.33 Å². The monoisotopic (exact) mass is 251 g/mol. The molecule has 0 fully saturated rings. The lowest BCUT2D eigenvalue weighted by Crippen LogP contribution is -1.94. The highest BCUT2D eigenvalue weighted by Gasteiger charge is 1.96. The molecule has 0 aliphatic rings. The standard InChI is InChI=1S/C10H10BrN3/c11-6-5-9-1-3-10(4-2-9)14-8-12-7-13-14/h1-4,7-8H,5-6H2. The van der Waals surface area contributed by atoms with Gasteiger partial charge in [0.2, 0.25) is 0 Å². The summed E-state index contributed by atoms with van der Waals surface area (Å²) in [4.78, 5) is 3.90. The number of rotatable bonds is 3. The minimum atomic E-state index is 0.996. The van der Waals surface area contributed by atoms with Crippen LogP contribution in [0, 0.1) is 0 Å². The Balaban J connectivity index is 2.22. The zero-order chi connectivity index (χ0) is 9.80. The van der Waals surface area contributed by atoms with Crippen LogP contribution in [0.1, 0.15) is 5.56 Å². The van der Waals surface area contributed by atoms with Crippen molar-refractivity contribution in [1.82, 2.24) is 14.8 Å². The van der Waals surface area contributed by atoms with Gasteiger partial charge in [0.05, 0.1) is 5.69 Å². The van der Waals surface area contributed by atoms with Crippen molar-refractivity contribution in [2.45, 2.75) is 6.42 Å². The SMILES string of the molecule is BrCCc1ccc(-n2cncn2)cc1. The highest BCUT2D eigenvalue weighted by atomic mass is 79.9. The summed E-state index contributed by atoms with van der Waals surface area (Å²) in [5.74, 6) is 0.